The minimum atomic E-state index is -3.74. The van der Waals surface area contributed by atoms with Crippen molar-refractivity contribution in [2.45, 2.75) is 23.8 Å². The number of rotatable bonds is 7. The lowest BCUT2D eigenvalue weighted by Gasteiger charge is -2.18. The van der Waals surface area contributed by atoms with Crippen LogP contribution in [-0.4, -0.2) is 57.3 Å². The van der Waals surface area contributed by atoms with Gasteiger partial charge in [0.2, 0.25) is 10.0 Å². The van der Waals surface area contributed by atoms with Crippen molar-refractivity contribution in [3.05, 3.63) is 29.9 Å². The van der Waals surface area contributed by atoms with Crippen molar-refractivity contribution in [1.29, 1.82) is 0 Å². The first-order chi connectivity index (χ1) is 12.5. The molecule has 1 unspecified atom stereocenters. The van der Waals surface area contributed by atoms with E-state index in [0.717, 1.165) is 0 Å². The number of methoxy groups -OCH3 is 3. The summed E-state index contributed by atoms with van der Waals surface area (Å²) in [6.07, 6.45) is 0.609. The Morgan fingerprint density at radius 2 is 2.08 bits per heavy atom. The van der Waals surface area contributed by atoms with Crippen molar-refractivity contribution < 1.29 is 27.2 Å². The van der Waals surface area contributed by atoms with Gasteiger partial charge in [0.15, 0.2) is 5.82 Å². The summed E-state index contributed by atoms with van der Waals surface area (Å²) in [5.74, 6) is 1.46. The maximum absolute atomic E-state index is 13.1. The molecule has 0 aliphatic carbocycles. The van der Waals surface area contributed by atoms with Gasteiger partial charge in [-0.1, -0.05) is 5.16 Å². The summed E-state index contributed by atoms with van der Waals surface area (Å²) < 4.78 is 48.0. The molecule has 3 rings (SSSR count). The Balaban J connectivity index is 1.83. The highest BCUT2D eigenvalue weighted by Gasteiger charge is 2.37. The second-order valence-electron chi connectivity index (χ2n) is 5.84. The Kier molecular flexibility index (Phi) is 5.44. The molecule has 142 valence electrons. The highest BCUT2D eigenvalue weighted by Crippen LogP contribution is 2.35. The first-order valence-corrected chi connectivity index (χ1v) is 9.47. The Labute approximate surface area is 151 Å². The summed E-state index contributed by atoms with van der Waals surface area (Å²) in [5.41, 5.74) is 0. The monoisotopic (exact) mass is 383 g/mol. The van der Waals surface area contributed by atoms with Gasteiger partial charge in [-0.05, 0) is 18.6 Å². The molecular formula is C16H21N3O6S. The summed E-state index contributed by atoms with van der Waals surface area (Å²) in [5, 5.41) is 3.93. The molecule has 1 aromatic heterocycles. The summed E-state index contributed by atoms with van der Waals surface area (Å²) in [6, 6.07) is 4.70. The van der Waals surface area contributed by atoms with Crippen LogP contribution >= 0.6 is 0 Å². The highest BCUT2D eigenvalue weighted by molar-refractivity contribution is 7.89. The van der Waals surface area contributed by atoms with E-state index in [0.29, 0.717) is 30.4 Å². The summed E-state index contributed by atoms with van der Waals surface area (Å²) >= 11 is 0. The number of aromatic nitrogens is 2. The predicted octanol–water partition coefficient (Wildman–Crippen LogP) is 1.41. The molecule has 9 nitrogen and oxygen atoms in total. The summed E-state index contributed by atoms with van der Waals surface area (Å²) in [7, 11) is 0.715. The van der Waals surface area contributed by atoms with E-state index in [1.54, 1.807) is 12.1 Å². The topological polar surface area (TPSA) is 104 Å². The normalized spacial score (nSPS) is 18.2. The highest BCUT2D eigenvalue weighted by atomic mass is 32.2. The van der Waals surface area contributed by atoms with Gasteiger partial charge in [0.1, 0.15) is 23.0 Å². The molecule has 1 aromatic carbocycles. The van der Waals surface area contributed by atoms with Gasteiger partial charge in [-0.25, -0.2) is 8.42 Å². The van der Waals surface area contributed by atoms with Crippen LogP contribution < -0.4 is 9.47 Å². The first kappa shape index (κ1) is 18.6. The van der Waals surface area contributed by atoms with Crippen molar-refractivity contribution in [3.8, 4) is 11.5 Å². The average molecular weight is 383 g/mol. The third kappa shape index (κ3) is 3.53. The maximum atomic E-state index is 13.1. The average Bonchev–Trinajstić information content (AvgIpc) is 3.31. The SMILES string of the molecule is COCc1nc(C2CCN(S(=O)(=O)c3cc(OC)ccc3OC)C2)no1. The van der Waals surface area contributed by atoms with E-state index in [2.05, 4.69) is 10.1 Å². The van der Waals surface area contributed by atoms with E-state index < -0.39 is 10.0 Å². The van der Waals surface area contributed by atoms with Crippen molar-refractivity contribution in [1.82, 2.24) is 14.4 Å². The molecule has 1 fully saturated rings. The van der Waals surface area contributed by atoms with Gasteiger partial charge in [-0.15, -0.1) is 0 Å². The Morgan fingerprint density at radius 1 is 1.27 bits per heavy atom. The number of nitrogens with zero attached hydrogens (tertiary/aromatic N) is 3. The van der Waals surface area contributed by atoms with Crippen molar-refractivity contribution in [3.63, 3.8) is 0 Å². The van der Waals surface area contributed by atoms with Gasteiger partial charge >= 0.3 is 0 Å². The van der Waals surface area contributed by atoms with Gasteiger partial charge in [-0.2, -0.15) is 9.29 Å². The van der Waals surface area contributed by atoms with Crippen LogP contribution in [0, 0.1) is 0 Å². The van der Waals surface area contributed by atoms with Crippen LogP contribution in [0.2, 0.25) is 0 Å². The molecule has 0 bridgehead atoms. The fourth-order valence-corrected chi connectivity index (χ4v) is 4.57. The number of sulfonamides is 1. The van der Waals surface area contributed by atoms with Crippen LogP contribution in [0.3, 0.4) is 0 Å². The molecule has 1 aliphatic heterocycles. The fraction of sp³-hybridized carbons (Fsp3) is 0.500. The third-order valence-corrected chi connectivity index (χ3v) is 6.14. The predicted molar refractivity (Wildman–Crippen MR) is 90.7 cm³/mol. The van der Waals surface area contributed by atoms with Crippen molar-refractivity contribution in [2.75, 3.05) is 34.4 Å². The second kappa shape index (κ2) is 7.60. The van der Waals surface area contributed by atoms with Gasteiger partial charge in [0, 0.05) is 32.2 Å². The van der Waals surface area contributed by atoms with E-state index in [1.165, 1.54) is 31.7 Å². The van der Waals surface area contributed by atoms with E-state index in [4.69, 9.17) is 18.7 Å². The number of hydrogen-bond donors (Lipinski definition) is 0. The van der Waals surface area contributed by atoms with Crippen molar-refractivity contribution >= 4 is 10.0 Å². The largest absolute Gasteiger partial charge is 0.497 e. The Morgan fingerprint density at radius 3 is 2.77 bits per heavy atom. The Hall–Kier alpha value is -2.17. The molecule has 1 saturated heterocycles. The van der Waals surface area contributed by atoms with E-state index in [9.17, 15) is 8.42 Å². The molecular weight excluding hydrogens is 362 g/mol. The van der Waals surface area contributed by atoms with E-state index >= 15 is 0 Å². The summed E-state index contributed by atoms with van der Waals surface area (Å²) in [4.78, 5) is 4.34. The zero-order chi connectivity index (χ0) is 18.7. The van der Waals surface area contributed by atoms with Crippen LogP contribution in [-0.2, 0) is 21.4 Å². The molecule has 0 amide bonds. The second-order valence-corrected chi connectivity index (χ2v) is 7.75. The van der Waals surface area contributed by atoms with Crippen LogP contribution in [0.25, 0.3) is 0 Å². The fourth-order valence-electron chi connectivity index (χ4n) is 2.90. The first-order valence-electron chi connectivity index (χ1n) is 8.03. The van der Waals surface area contributed by atoms with Crippen LogP contribution in [0.15, 0.2) is 27.6 Å². The third-order valence-electron chi connectivity index (χ3n) is 4.26. The quantitative estimate of drug-likeness (QED) is 0.707. The van der Waals surface area contributed by atoms with E-state index in [1.807, 2.05) is 0 Å². The van der Waals surface area contributed by atoms with Gasteiger partial charge < -0.3 is 18.7 Å². The number of ether oxygens (including phenoxy) is 3. The van der Waals surface area contributed by atoms with E-state index in [-0.39, 0.29) is 29.7 Å². The minimum absolute atomic E-state index is 0.0770. The molecule has 26 heavy (non-hydrogen) atoms. The lowest BCUT2D eigenvalue weighted by atomic mass is 10.1. The van der Waals surface area contributed by atoms with Crippen LogP contribution in [0.4, 0.5) is 0 Å². The molecule has 2 heterocycles. The molecule has 0 radical (unpaired) electrons. The molecule has 0 spiro atoms. The maximum Gasteiger partial charge on any atom is 0.252 e. The van der Waals surface area contributed by atoms with Gasteiger partial charge in [0.05, 0.1) is 14.2 Å². The molecule has 1 atom stereocenters. The molecule has 1 aliphatic rings. The van der Waals surface area contributed by atoms with Gasteiger partial charge in [-0.3, -0.25) is 0 Å². The zero-order valence-electron chi connectivity index (χ0n) is 14.8. The lowest BCUT2D eigenvalue weighted by Crippen LogP contribution is -2.29. The number of hydrogen-bond acceptors (Lipinski definition) is 8. The Bertz CT molecular complexity index is 867. The number of benzene rings is 1. The van der Waals surface area contributed by atoms with Gasteiger partial charge in [0.25, 0.3) is 5.89 Å². The molecule has 2 aromatic rings. The minimum Gasteiger partial charge on any atom is -0.497 e. The van der Waals surface area contributed by atoms with Crippen molar-refractivity contribution in [2.24, 2.45) is 0 Å². The summed E-state index contributed by atoms with van der Waals surface area (Å²) in [6.45, 7) is 0.860. The van der Waals surface area contributed by atoms with Crippen LogP contribution in [0.5, 0.6) is 11.5 Å². The standard InChI is InChI=1S/C16H21N3O6S/c1-22-10-15-17-16(18-25-15)11-6-7-19(9-11)26(20,21)14-8-12(23-2)4-5-13(14)24-3/h4-5,8,11H,6-7,9-10H2,1-3H3. The molecule has 0 N–H and O–H groups in total. The lowest BCUT2D eigenvalue weighted by molar-refractivity contribution is 0.151. The zero-order valence-corrected chi connectivity index (χ0v) is 15.7. The smallest absolute Gasteiger partial charge is 0.252 e. The van der Waals surface area contributed by atoms with Crippen LogP contribution in [0.1, 0.15) is 24.1 Å². The molecule has 0 saturated carbocycles. The molecule has 10 heteroatoms.